The summed E-state index contributed by atoms with van der Waals surface area (Å²) < 4.78 is 13.0. The van der Waals surface area contributed by atoms with Gasteiger partial charge in [-0.25, -0.2) is 4.98 Å². The van der Waals surface area contributed by atoms with Gasteiger partial charge in [-0.3, -0.25) is 0 Å². The van der Waals surface area contributed by atoms with E-state index in [4.69, 9.17) is 34.8 Å². The number of hydrogen-bond donors (Lipinski definition) is 1. The van der Waals surface area contributed by atoms with Crippen LogP contribution in [0.25, 0.3) is 11.1 Å². The molecule has 0 bridgehead atoms. The highest BCUT2D eigenvalue weighted by Crippen LogP contribution is 2.36. The van der Waals surface area contributed by atoms with Crippen LogP contribution in [-0.4, -0.2) is 10.1 Å². The van der Waals surface area contributed by atoms with Crippen molar-refractivity contribution >= 4 is 34.8 Å². The number of halogens is 4. The van der Waals surface area contributed by atoms with Gasteiger partial charge in [0.25, 0.3) is 0 Å². The smallest absolute Gasteiger partial charge is 0.213 e. The van der Waals surface area contributed by atoms with Gasteiger partial charge in [0.2, 0.25) is 5.95 Å². The Bertz CT molecular complexity index is 581. The number of benzene rings is 1. The number of rotatable bonds is 2. The molecule has 2 nitrogen and oxygen atoms in total. The molecule has 2 aromatic rings. The van der Waals surface area contributed by atoms with E-state index in [1.165, 1.54) is 6.20 Å². The number of aliphatic hydroxyl groups is 1. The molecule has 0 amide bonds. The molecular weight excluding hydrogens is 299 g/mol. The fourth-order valence-corrected chi connectivity index (χ4v) is 2.17. The Morgan fingerprint density at radius 3 is 2.28 bits per heavy atom. The van der Waals surface area contributed by atoms with E-state index in [-0.39, 0.29) is 21.7 Å². The summed E-state index contributed by atoms with van der Waals surface area (Å²) in [6.45, 7) is -0.313. The second-order valence-corrected chi connectivity index (χ2v) is 4.77. The molecule has 0 aliphatic rings. The fourth-order valence-electron chi connectivity index (χ4n) is 1.57. The van der Waals surface area contributed by atoms with Crippen LogP contribution in [0.4, 0.5) is 4.39 Å². The van der Waals surface area contributed by atoms with E-state index in [1.807, 2.05) is 0 Å². The van der Waals surface area contributed by atoms with E-state index in [9.17, 15) is 9.50 Å². The predicted molar refractivity (Wildman–Crippen MR) is 70.6 cm³/mol. The molecule has 1 aromatic heterocycles. The Hall–Kier alpha value is -0.870. The van der Waals surface area contributed by atoms with Gasteiger partial charge in [-0.15, -0.1) is 0 Å². The van der Waals surface area contributed by atoms with Crippen molar-refractivity contribution in [2.24, 2.45) is 0 Å². The van der Waals surface area contributed by atoms with E-state index in [1.54, 1.807) is 12.1 Å². The lowest BCUT2D eigenvalue weighted by molar-refractivity contribution is 0.281. The Kier molecular flexibility index (Phi) is 4.07. The first-order chi connectivity index (χ1) is 8.52. The largest absolute Gasteiger partial charge is 0.392 e. The number of pyridine rings is 1. The van der Waals surface area contributed by atoms with Gasteiger partial charge in [0.15, 0.2) is 0 Å². The molecule has 0 saturated carbocycles. The molecule has 0 unspecified atom stereocenters. The third kappa shape index (κ3) is 2.59. The van der Waals surface area contributed by atoms with Crippen LogP contribution in [0, 0.1) is 5.95 Å². The maximum atomic E-state index is 13.0. The highest BCUT2D eigenvalue weighted by atomic mass is 35.5. The quantitative estimate of drug-likeness (QED) is 0.661. The molecule has 0 aliphatic carbocycles. The van der Waals surface area contributed by atoms with Crippen molar-refractivity contribution in [2.45, 2.75) is 6.61 Å². The van der Waals surface area contributed by atoms with Crippen LogP contribution in [-0.2, 0) is 6.61 Å². The summed E-state index contributed by atoms with van der Waals surface area (Å²) in [5.74, 6) is -0.658. The molecule has 94 valence electrons. The minimum Gasteiger partial charge on any atom is -0.392 e. The molecule has 0 aliphatic heterocycles. The van der Waals surface area contributed by atoms with Crippen LogP contribution in [0.5, 0.6) is 0 Å². The van der Waals surface area contributed by atoms with Gasteiger partial charge in [-0.05, 0) is 29.3 Å². The Labute approximate surface area is 118 Å². The lowest BCUT2D eigenvalue weighted by atomic mass is 10.0. The van der Waals surface area contributed by atoms with Crippen molar-refractivity contribution in [3.8, 4) is 11.1 Å². The van der Waals surface area contributed by atoms with Crippen molar-refractivity contribution in [3.05, 3.63) is 51.0 Å². The summed E-state index contributed by atoms with van der Waals surface area (Å²) >= 11 is 17.7. The first-order valence-electron chi connectivity index (χ1n) is 4.93. The number of hydrogen-bond acceptors (Lipinski definition) is 2. The fraction of sp³-hybridized carbons (Fsp3) is 0.0833. The van der Waals surface area contributed by atoms with E-state index < -0.39 is 5.95 Å². The first kappa shape index (κ1) is 13.6. The maximum absolute atomic E-state index is 13.0. The monoisotopic (exact) mass is 305 g/mol. The molecule has 1 heterocycles. The van der Waals surface area contributed by atoms with Crippen LogP contribution < -0.4 is 0 Å². The molecular formula is C12H7Cl3FNO. The highest BCUT2D eigenvalue weighted by Gasteiger charge is 2.11. The second-order valence-electron chi connectivity index (χ2n) is 3.58. The zero-order chi connectivity index (χ0) is 13.3. The summed E-state index contributed by atoms with van der Waals surface area (Å²) in [6.07, 6.45) is 1.32. The summed E-state index contributed by atoms with van der Waals surface area (Å²) in [5.41, 5.74) is 1.57. The SMILES string of the molecule is OCc1cc(F)ncc1-c1cc(Cl)c(Cl)c(Cl)c1. The van der Waals surface area contributed by atoms with E-state index in [0.717, 1.165) is 6.07 Å². The van der Waals surface area contributed by atoms with E-state index >= 15 is 0 Å². The molecule has 2 rings (SSSR count). The van der Waals surface area contributed by atoms with Crippen LogP contribution in [0.1, 0.15) is 5.56 Å². The Balaban J connectivity index is 2.62. The summed E-state index contributed by atoms with van der Waals surface area (Å²) in [7, 11) is 0. The lowest BCUT2D eigenvalue weighted by Gasteiger charge is -2.09. The first-order valence-corrected chi connectivity index (χ1v) is 6.06. The second kappa shape index (κ2) is 5.41. The van der Waals surface area contributed by atoms with Crippen molar-refractivity contribution in [2.75, 3.05) is 0 Å². The summed E-state index contributed by atoms with van der Waals surface area (Å²) in [4.78, 5) is 3.55. The molecule has 0 spiro atoms. The highest BCUT2D eigenvalue weighted by molar-refractivity contribution is 6.48. The number of aliphatic hydroxyl groups excluding tert-OH is 1. The van der Waals surface area contributed by atoms with Crippen LogP contribution in [0.2, 0.25) is 15.1 Å². The van der Waals surface area contributed by atoms with Gasteiger partial charge in [-0.1, -0.05) is 34.8 Å². The van der Waals surface area contributed by atoms with Crippen molar-refractivity contribution in [1.29, 1.82) is 0 Å². The molecule has 0 atom stereocenters. The maximum Gasteiger partial charge on any atom is 0.213 e. The van der Waals surface area contributed by atoms with E-state index in [0.29, 0.717) is 16.7 Å². The lowest BCUT2D eigenvalue weighted by Crippen LogP contribution is -1.94. The van der Waals surface area contributed by atoms with Gasteiger partial charge in [0.05, 0.1) is 21.7 Å². The molecule has 0 fully saturated rings. The van der Waals surface area contributed by atoms with Gasteiger partial charge >= 0.3 is 0 Å². The zero-order valence-corrected chi connectivity index (χ0v) is 11.2. The Morgan fingerprint density at radius 1 is 1.11 bits per heavy atom. The molecule has 6 heteroatoms. The average molecular weight is 307 g/mol. The molecule has 0 radical (unpaired) electrons. The van der Waals surface area contributed by atoms with Gasteiger partial charge in [0, 0.05) is 11.8 Å². The van der Waals surface area contributed by atoms with Crippen LogP contribution in [0.3, 0.4) is 0 Å². The topological polar surface area (TPSA) is 33.1 Å². The predicted octanol–water partition coefficient (Wildman–Crippen LogP) is 4.34. The summed E-state index contributed by atoms with van der Waals surface area (Å²) in [5, 5.41) is 10.0. The third-order valence-electron chi connectivity index (χ3n) is 2.42. The van der Waals surface area contributed by atoms with Gasteiger partial charge < -0.3 is 5.11 Å². The molecule has 1 N–H and O–H groups in total. The van der Waals surface area contributed by atoms with Crippen LogP contribution in [0.15, 0.2) is 24.4 Å². The van der Waals surface area contributed by atoms with Crippen molar-refractivity contribution in [1.82, 2.24) is 4.98 Å². The number of nitrogens with zero attached hydrogens (tertiary/aromatic N) is 1. The zero-order valence-electron chi connectivity index (χ0n) is 8.92. The minimum absolute atomic E-state index is 0.253. The average Bonchev–Trinajstić information content (AvgIpc) is 2.35. The minimum atomic E-state index is -0.658. The standard InChI is InChI=1S/C12H7Cl3FNO/c13-9-1-6(2-10(14)12(9)15)8-4-17-11(16)3-7(8)5-18/h1-4,18H,5H2. The summed E-state index contributed by atoms with van der Waals surface area (Å²) in [6, 6.07) is 4.33. The third-order valence-corrected chi connectivity index (χ3v) is 3.62. The molecule has 1 aromatic carbocycles. The van der Waals surface area contributed by atoms with Gasteiger partial charge in [0.1, 0.15) is 0 Å². The molecule has 18 heavy (non-hydrogen) atoms. The van der Waals surface area contributed by atoms with Gasteiger partial charge in [-0.2, -0.15) is 4.39 Å². The molecule has 0 saturated heterocycles. The van der Waals surface area contributed by atoms with Crippen molar-refractivity contribution in [3.63, 3.8) is 0 Å². The van der Waals surface area contributed by atoms with Crippen LogP contribution >= 0.6 is 34.8 Å². The van der Waals surface area contributed by atoms with E-state index in [2.05, 4.69) is 4.98 Å². The normalized spacial score (nSPS) is 10.7. The number of aromatic nitrogens is 1. The van der Waals surface area contributed by atoms with Crippen molar-refractivity contribution < 1.29 is 9.50 Å². The Morgan fingerprint density at radius 2 is 1.72 bits per heavy atom.